The molecule has 3 rings (SSSR count). The highest BCUT2D eigenvalue weighted by Gasteiger charge is 2.23. The third-order valence-electron chi connectivity index (χ3n) is 4.94. The van der Waals surface area contributed by atoms with Crippen molar-refractivity contribution in [2.24, 2.45) is 0 Å². The van der Waals surface area contributed by atoms with Gasteiger partial charge in [-0.05, 0) is 48.4 Å². The lowest BCUT2D eigenvalue weighted by Gasteiger charge is -2.34. The van der Waals surface area contributed by atoms with Gasteiger partial charge < -0.3 is 24.6 Å². The van der Waals surface area contributed by atoms with Crippen molar-refractivity contribution in [2.45, 2.75) is 6.92 Å². The van der Waals surface area contributed by atoms with E-state index in [1.165, 1.54) is 6.08 Å². The van der Waals surface area contributed by atoms with E-state index in [0.29, 0.717) is 37.7 Å². The maximum atomic E-state index is 12.5. The zero-order valence-corrected chi connectivity index (χ0v) is 17.6. The molecule has 0 aromatic heterocycles. The number of amides is 3. The smallest absolute Gasteiger partial charge is 0.321 e. The van der Waals surface area contributed by atoms with Crippen LogP contribution in [0.2, 0.25) is 0 Å². The average molecular weight is 409 g/mol. The Labute approximate surface area is 176 Å². The molecule has 1 aliphatic heterocycles. The second-order valence-electron chi connectivity index (χ2n) is 7.09. The van der Waals surface area contributed by atoms with Crippen LogP contribution in [0.3, 0.4) is 0 Å². The molecule has 7 heteroatoms. The predicted octanol–water partition coefficient (Wildman–Crippen LogP) is 3.40. The fraction of sp³-hybridized carbons (Fsp3) is 0.304. The normalized spacial score (nSPS) is 14.0. The highest BCUT2D eigenvalue weighted by Crippen LogP contribution is 2.23. The van der Waals surface area contributed by atoms with Crippen molar-refractivity contribution in [1.29, 1.82) is 0 Å². The van der Waals surface area contributed by atoms with Crippen molar-refractivity contribution in [3.8, 4) is 11.5 Å². The van der Waals surface area contributed by atoms with Gasteiger partial charge in [-0.25, -0.2) is 4.79 Å². The van der Waals surface area contributed by atoms with Gasteiger partial charge in [0.15, 0.2) is 0 Å². The van der Waals surface area contributed by atoms with Gasteiger partial charge in [-0.2, -0.15) is 0 Å². The average Bonchev–Trinajstić information content (AvgIpc) is 2.77. The van der Waals surface area contributed by atoms with Crippen molar-refractivity contribution in [3.05, 3.63) is 59.7 Å². The first-order chi connectivity index (χ1) is 14.5. The molecule has 1 aliphatic rings. The molecule has 0 spiro atoms. The predicted molar refractivity (Wildman–Crippen MR) is 117 cm³/mol. The first-order valence-electron chi connectivity index (χ1n) is 9.81. The lowest BCUT2D eigenvalue weighted by Crippen LogP contribution is -2.51. The zero-order valence-electron chi connectivity index (χ0n) is 17.6. The zero-order chi connectivity index (χ0) is 21.5. The maximum absolute atomic E-state index is 12.5. The van der Waals surface area contributed by atoms with Crippen molar-refractivity contribution in [3.63, 3.8) is 0 Å². The number of urea groups is 1. The minimum absolute atomic E-state index is 0.0875. The topological polar surface area (TPSA) is 71.1 Å². The number of hydrogen-bond acceptors (Lipinski definition) is 4. The quantitative estimate of drug-likeness (QED) is 0.769. The van der Waals surface area contributed by atoms with E-state index >= 15 is 0 Å². The number of carbonyl (C=O) groups excluding carboxylic acids is 2. The molecule has 7 nitrogen and oxygen atoms in total. The highest BCUT2D eigenvalue weighted by atomic mass is 16.5. The van der Waals surface area contributed by atoms with Gasteiger partial charge in [-0.15, -0.1) is 0 Å². The molecule has 30 heavy (non-hydrogen) atoms. The van der Waals surface area contributed by atoms with Crippen LogP contribution in [-0.2, 0) is 4.79 Å². The van der Waals surface area contributed by atoms with Gasteiger partial charge in [0, 0.05) is 44.0 Å². The van der Waals surface area contributed by atoms with Crippen molar-refractivity contribution in [2.75, 3.05) is 45.7 Å². The van der Waals surface area contributed by atoms with E-state index < -0.39 is 0 Å². The maximum Gasteiger partial charge on any atom is 0.321 e. The minimum Gasteiger partial charge on any atom is -0.497 e. The standard InChI is InChI=1S/C23H27N3O4/c1-17-5-4-6-19(13-17)24-23(28)26-11-9-25(10-12-26)22(27)8-7-18-14-20(29-2)16-21(15-18)30-3/h4-8,13-16H,9-12H2,1-3H3,(H,24,28)/b8-7+. The summed E-state index contributed by atoms with van der Waals surface area (Å²) in [6, 6.07) is 13.0. The Morgan fingerprint density at radius 1 is 0.933 bits per heavy atom. The number of nitrogens with zero attached hydrogens (tertiary/aromatic N) is 2. The fourth-order valence-corrected chi connectivity index (χ4v) is 3.25. The van der Waals surface area contributed by atoms with Gasteiger partial charge in [0.1, 0.15) is 11.5 Å². The minimum atomic E-state index is -0.147. The Balaban J connectivity index is 1.54. The van der Waals surface area contributed by atoms with Gasteiger partial charge in [0.25, 0.3) is 0 Å². The van der Waals surface area contributed by atoms with Crippen LogP contribution in [0.15, 0.2) is 48.5 Å². The van der Waals surface area contributed by atoms with E-state index in [0.717, 1.165) is 16.8 Å². The largest absolute Gasteiger partial charge is 0.497 e. The number of anilines is 1. The SMILES string of the molecule is COc1cc(/C=C/C(=O)N2CCN(C(=O)Nc3cccc(C)c3)CC2)cc(OC)c1. The third-order valence-corrected chi connectivity index (χ3v) is 4.94. The van der Waals surface area contributed by atoms with E-state index in [1.807, 2.05) is 43.3 Å². The summed E-state index contributed by atoms with van der Waals surface area (Å²) in [5, 5.41) is 2.91. The molecule has 0 radical (unpaired) electrons. The summed E-state index contributed by atoms with van der Waals surface area (Å²) in [4.78, 5) is 28.5. The summed E-state index contributed by atoms with van der Waals surface area (Å²) >= 11 is 0. The van der Waals surface area contributed by atoms with Gasteiger partial charge in [-0.3, -0.25) is 4.79 Å². The van der Waals surface area contributed by atoms with Gasteiger partial charge in [0.2, 0.25) is 5.91 Å². The summed E-state index contributed by atoms with van der Waals surface area (Å²) in [5.74, 6) is 1.24. The molecule has 0 bridgehead atoms. The van der Waals surface area contributed by atoms with Crippen LogP contribution in [0, 0.1) is 6.92 Å². The Kier molecular flexibility index (Phi) is 6.95. The fourth-order valence-electron chi connectivity index (χ4n) is 3.25. The molecular formula is C23H27N3O4. The molecular weight excluding hydrogens is 382 g/mol. The van der Waals surface area contributed by atoms with Crippen molar-refractivity contribution in [1.82, 2.24) is 9.80 Å². The Morgan fingerprint density at radius 3 is 2.17 bits per heavy atom. The Hall–Kier alpha value is -3.48. The van der Waals surface area contributed by atoms with E-state index in [9.17, 15) is 9.59 Å². The molecule has 1 saturated heterocycles. The number of piperazine rings is 1. The molecule has 1 N–H and O–H groups in total. The highest BCUT2D eigenvalue weighted by molar-refractivity contribution is 5.92. The molecule has 0 aliphatic carbocycles. The Bertz CT molecular complexity index is 912. The molecule has 2 aromatic carbocycles. The third kappa shape index (κ3) is 5.53. The molecule has 0 unspecified atom stereocenters. The number of rotatable bonds is 5. The lowest BCUT2D eigenvalue weighted by molar-refractivity contribution is -0.127. The van der Waals surface area contributed by atoms with Crippen LogP contribution in [0.1, 0.15) is 11.1 Å². The van der Waals surface area contributed by atoms with Crippen molar-refractivity contribution < 1.29 is 19.1 Å². The van der Waals surface area contributed by atoms with E-state index in [4.69, 9.17) is 9.47 Å². The first kappa shape index (κ1) is 21.2. The van der Waals surface area contributed by atoms with Gasteiger partial charge in [0.05, 0.1) is 14.2 Å². The Morgan fingerprint density at radius 2 is 1.57 bits per heavy atom. The summed E-state index contributed by atoms with van der Waals surface area (Å²) in [5.41, 5.74) is 2.68. The van der Waals surface area contributed by atoms with E-state index in [1.54, 1.807) is 36.2 Å². The molecule has 158 valence electrons. The number of carbonyl (C=O) groups is 2. The number of benzene rings is 2. The van der Waals surface area contributed by atoms with Crippen LogP contribution in [-0.4, -0.2) is 62.1 Å². The molecule has 0 saturated carbocycles. The van der Waals surface area contributed by atoms with Crippen LogP contribution in [0.25, 0.3) is 6.08 Å². The molecule has 1 fully saturated rings. The monoisotopic (exact) mass is 409 g/mol. The van der Waals surface area contributed by atoms with Crippen molar-refractivity contribution >= 4 is 23.7 Å². The number of ether oxygens (including phenoxy) is 2. The molecule has 3 amide bonds. The summed E-state index contributed by atoms with van der Waals surface area (Å²) in [6.07, 6.45) is 3.28. The molecule has 2 aromatic rings. The lowest BCUT2D eigenvalue weighted by atomic mass is 10.2. The molecule has 1 heterocycles. The van der Waals surface area contributed by atoms with Gasteiger partial charge >= 0.3 is 6.03 Å². The van der Waals surface area contributed by atoms with Crippen LogP contribution >= 0.6 is 0 Å². The second kappa shape index (κ2) is 9.82. The number of methoxy groups -OCH3 is 2. The summed E-state index contributed by atoms with van der Waals surface area (Å²) < 4.78 is 10.5. The van der Waals surface area contributed by atoms with Gasteiger partial charge in [-0.1, -0.05) is 12.1 Å². The summed E-state index contributed by atoms with van der Waals surface area (Å²) in [7, 11) is 3.17. The second-order valence-corrected chi connectivity index (χ2v) is 7.09. The number of hydrogen-bond donors (Lipinski definition) is 1. The first-order valence-corrected chi connectivity index (χ1v) is 9.81. The van der Waals surface area contributed by atoms with Crippen LogP contribution in [0.4, 0.5) is 10.5 Å². The van der Waals surface area contributed by atoms with E-state index in [2.05, 4.69) is 5.32 Å². The number of nitrogens with one attached hydrogen (secondary N) is 1. The number of aryl methyl sites for hydroxylation is 1. The van der Waals surface area contributed by atoms with E-state index in [-0.39, 0.29) is 11.9 Å². The molecule has 0 atom stereocenters. The van der Waals surface area contributed by atoms with Crippen LogP contribution < -0.4 is 14.8 Å². The summed E-state index contributed by atoms with van der Waals surface area (Å²) in [6.45, 7) is 3.95. The van der Waals surface area contributed by atoms with Crippen LogP contribution in [0.5, 0.6) is 11.5 Å².